The Morgan fingerprint density at radius 1 is 1.00 bits per heavy atom. The van der Waals surface area contributed by atoms with E-state index in [0.29, 0.717) is 5.95 Å². The quantitative estimate of drug-likeness (QED) is 0.818. The van der Waals surface area contributed by atoms with Crippen LogP contribution in [0.1, 0.15) is 11.1 Å². The van der Waals surface area contributed by atoms with Crippen LogP contribution in [0, 0.1) is 0 Å². The van der Waals surface area contributed by atoms with Crippen LogP contribution in [0.25, 0.3) is 0 Å². The second kappa shape index (κ2) is 5.96. The molecule has 0 aliphatic heterocycles. The third-order valence-corrected chi connectivity index (χ3v) is 2.47. The zero-order valence-electron chi connectivity index (χ0n) is 9.50. The molecule has 88 valence electrons. The fourth-order valence-corrected chi connectivity index (χ4v) is 1.52. The number of aliphatic hydroxyl groups is 1. The number of benzene rings is 1. The van der Waals surface area contributed by atoms with Crippen LogP contribution in [0.2, 0.25) is 0 Å². The van der Waals surface area contributed by atoms with Gasteiger partial charge in [-0.1, -0.05) is 24.3 Å². The van der Waals surface area contributed by atoms with E-state index in [1.165, 1.54) is 5.56 Å². The Balaban J connectivity index is 1.82. The molecule has 1 heterocycles. The average Bonchev–Trinajstić information content (AvgIpc) is 2.41. The number of anilines is 1. The second-order valence-electron chi connectivity index (χ2n) is 3.72. The van der Waals surface area contributed by atoms with E-state index < -0.39 is 0 Å². The van der Waals surface area contributed by atoms with Crippen LogP contribution < -0.4 is 5.32 Å². The van der Waals surface area contributed by atoms with Crippen molar-refractivity contribution in [3.05, 3.63) is 53.9 Å². The number of nitrogens with zero attached hydrogens (tertiary/aromatic N) is 2. The fourth-order valence-electron chi connectivity index (χ4n) is 1.52. The molecule has 1 aromatic heterocycles. The molecule has 0 amide bonds. The molecule has 4 nitrogen and oxygen atoms in total. The Hall–Kier alpha value is -1.94. The Morgan fingerprint density at radius 2 is 1.65 bits per heavy atom. The number of aromatic nitrogens is 2. The van der Waals surface area contributed by atoms with E-state index >= 15 is 0 Å². The van der Waals surface area contributed by atoms with Gasteiger partial charge in [-0.15, -0.1) is 0 Å². The smallest absolute Gasteiger partial charge is 0.222 e. The average molecular weight is 229 g/mol. The summed E-state index contributed by atoms with van der Waals surface area (Å²) in [6.45, 7) is 0.888. The number of nitrogens with one attached hydrogen (secondary N) is 1. The molecular weight excluding hydrogens is 214 g/mol. The molecule has 4 heteroatoms. The van der Waals surface area contributed by atoms with E-state index in [2.05, 4.69) is 15.3 Å². The van der Waals surface area contributed by atoms with Crippen molar-refractivity contribution in [2.45, 2.75) is 13.0 Å². The Labute approximate surface area is 100 Å². The minimum absolute atomic E-state index is 0.0936. The van der Waals surface area contributed by atoms with Crippen molar-refractivity contribution in [2.75, 3.05) is 11.9 Å². The molecule has 0 aliphatic carbocycles. The summed E-state index contributed by atoms with van der Waals surface area (Å²) in [5, 5.41) is 12.1. The van der Waals surface area contributed by atoms with E-state index in [9.17, 15) is 0 Å². The van der Waals surface area contributed by atoms with Gasteiger partial charge in [-0.25, -0.2) is 9.97 Å². The van der Waals surface area contributed by atoms with Gasteiger partial charge in [0.2, 0.25) is 5.95 Å². The monoisotopic (exact) mass is 229 g/mol. The molecule has 0 saturated carbocycles. The SMILES string of the molecule is OCc1ccc(CCNc2ncccn2)cc1. The van der Waals surface area contributed by atoms with Gasteiger partial charge in [0.25, 0.3) is 0 Å². The highest BCUT2D eigenvalue weighted by Gasteiger charge is 1.96. The lowest BCUT2D eigenvalue weighted by molar-refractivity contribution is 0.282. The highest BCUT2D eigenvalue weighted by Crippen LogP contribution is 2.05. The molecule has 0 bridgehead atoms. The summed E-state index contributed by atoms with van der Waals surface area (Å²) in [6.07, 6.45) is 4.33. The zero-order valence-corrected chi connectivity index (χ0v) is 9.50. The van der Waals surface area contributed by atoms with Crippen molar-refractivity contribution >= 4 is 5.95 Å². The maximum atomic E-state index is 8.92. The van der Waals surface area contributed by atoms with Gasteiger partial charge in [-0.05, 0) is 23.6 Å². The van der Waals surface area contributed by atoms with E-state index in [1.807, 2.05) is 24.3 Å². The van der Waals surface area contributed by atoms with Crippen LogP contribution in [0.3, 0.4) is 0 Å². The summed E-state index contributed by atoms with van der Waals surface area (Å²) in [7, 11) is 0. The molecule has 17 heavy (non-hydrogen) atoms. The molecule has 0 radical (unpaired) electrons. The highest BCUT2D eigenvalue weighted by molar-refractivity contribution is 5.25. The summed E-state index contributed by atoms with van der Waals surface area (Å²) in [5.74, 6) is 0.652. The lowest BCUT2D eigenvalue weighted by atomic mass is 10.1. The van der Waals surface area contributed by atoms with Crippen molar-refractivity contribution in [3.63, 3.8) is 0 Å². The predicted octanol–water partition coefficient (Wildman–Crippen LogP) is 1.62. The summed E-state index contributed by atoms with van der Waals surface area (Å²) < 4.78 is 0. The van der Waals surface area contributed by atoms with Gasteiger partial charge in [0.15, 0.2) is 0 Å². The van der Waals surface area contributed by atoms with Crippen LogP contribution in [0.15, 0.2) is 42.7 Å². The van der Waals surface area contributed by atoms with E-state index in [0.717, 1.165) is 18.5 Å². The molecule has 0 spiro atoms. The van der Waals surface area contributed by atoms with Crippen LogP contribution in [0.5, 0.6) is 0 Å². The Morgan fingerprint density at radius 3 is 2.29 bits per heavy atom. The van der Waals surface area contributed by atoms with Crippen LogP contribution in [0.4, 0.5) is 5.95 Å². The molecule has 0 aliphatic rings. The second-order valence-corrected chi connectivity index (χ2v) is 3.72. The first-order chi connectivity index (χ1) is 8.38. The lowest BCUT2D eigenvalue weighted by Crippen LogP contribution is -2.07. The van der Waals surface area contributed by atoms with Gasteiger partial charge in [-0.2, -0.15) is 0 Å². The summed E-state index contributed by atoms with van der Waals surface area (Å²) in [6, 6.07) is 9.72. The molecule has 2 N–H and O–H groups in total. The Kier molecular flexibility index (Phi) is 4.05. The topological polar surface area (TPSA) is 58.0 Å². The third kappa shape index (κ3) is 3.53. The van der Waals surface area contributed by atoms with Crippen LogP contribution in [-0.4, -0.2) is 21.6 Å². The fraction of sp³-hybridized carbons (Fsp3) is 0.231. The Bertz CT molecular complexity index is 442. The van der Waals surface area contributed by atoms with E-state index in [1.54, 1.807) is 18.5 Å². The third-order valence-electron chi connectivity index (χ3n) is 2.47. The van der Waals surface area contributed by atoms with Gasteiger partial charge >= 0.3 is 0 Å². The van der Waals surface area contributed by atoms with Crippen LogP contribution in [-0.2, 0) is 13.0 Å². The zero-order chi connectivity index (χ0) is 11.9. The predicted molar refractivity (Wildman–Crippen MR) is 66.6 cm³/mol. The minimum Gasteiger partial charge on any atom is -0.392 e. The summed E-state index contributed by atoms with van der Waals surface area (Å²) in [5.41, 5.74) is 2.17. The van der Waals surface area contributed by atoms with Crippen molar-refractivity contribution in [2.24, 2.45) is 0 Å². The molecule has 0 atom stereocenters. The summed E-state index contributed by atoms with van der Waals surface area (Å²) >= 11 is 0. The molecule has 2 rings (SSSR count). The van der Waals surface area contributed by atoms with Gasteiger partial charge in [-0.3, -0.25) is 0 Å². The maximum absolute atomic E-state index is 8.92. The highest BCUT2D eigenvalue weighted by atomic mass is 16.3. The first-order valence-corrected chi connectivity index (χ1v) is 5.58. The number of aliphatic hydroxyl groups excluding tert-OH is 1. The van der Waals surface area contributed by atoms with Crippen molar-refractivity contribution in [1.29, 1.82) is 0 Å². The van der Waals surface area contributed by atoms with Crippen molar-refractivity contribution in [1.82, 2.24) is 9.97 Å². The van der Waals surface area contributed by atoms with Gasteiger partial charge in [0.1, 0.15) is 0 Å². The molecular formula is C13H15N3O. The van der Waals surface area contributed by atoms with Gasteiger partial charge < -0.3 is 10.4 Å². The largest absolute Gasteiger partial charge is 0.392 e. The maximum Gasteiger partial charge on any atom is 0.222 e. The van der Waals surface area contributed by atoms with Crippen molar-refractivity contribution in [3.8, 4) is 0 Å². The number of hydrogen-bond donors (Lipinski definition) is 2. The normalized spacial score (nSPS) is 10.2. The van der Waals surface area contributed by atoms with Gasteiger partial charge in [0, 0.05) is 18.9 Å². The number of hydrogen-bond acceptors (Lipinski definition) is 4. The molecule has 2 aromatic rings. The van der Waals surface area contributed by atoms with E-state index in [-0.39, 0.29) is 6.61 Å². The van der Waals surface area contributed by atoms with Crippen molar-refractivity contribution < 1.29 is 5.11 Å². The minimum atomic E-state index is 0.0936. The van der Waals surface area contributed by atoms with Gasteiger partial charge in [0.05, 0.1) is 6.61 Å². The molecule has 0 saturated heterocycles. The van der Waals surface area contributed by atoms with Crippen LogP contribution >= 0.6 is 0 Å². The number of rotatable bonds is 5. The first kappa shape index (κ1) is 11.5. The molecule has 1 aromatic carbocycles. The molecule has 0 unspecified atom stereocenters. The first-order valence-electron chi connectivity index (χ1n) is 5.58. The lowest BCUT2D eigenvalue weighted by Gasteiger charge is -2.04. The van der Waals surface area contributed by atoms with E-state index in [4.69, 9.17) is 5.11 Å². The summed E-state index contributed by atoms with van der Waals surface area (Å²) in [4.78, 5) is 8.16. The molecule has 0 fully saturated rings. The standard InChI is InChI=1S/C13H15N3O/c17-10-12-4-2-11(3-5-12)6-9-16-13-14-7-1-8-15-13/h1-5,7-8,17H,6,9-10H2,(H,14,15,16).